The van der Waals surface area contributed by atoms with E-state index >= 15 is 0 Å². The number of hydrogen-bond acceptors (Lipinski definition) is 7. The van der Waals surface area contributed by atoms with E-state index in [9.17, 15) is 4.39 Å². The SMILES string of the molecule is Fc1ccc(-c2cncc3[nH]c(-c4n[nH]c5ccc(-c6cncc(OC7CCNCC7)c6)nc45)cc23)s1. The molecular formula is C27H22FN7OS. The number of aromatic amines is 2. The van der Waals surface area contributed by atoms with E-state index in [1.54, 1.807) is 30.9 Å². The lowest BCUT2D eigenvalue weighted by Crippen LogP contribution is -2.34. The van der Waals surface area contributed by atoms with Crippen molar-refractivity contribution < 1.29 is 9.13 Å². The van der Waals surface area contributed by atoms with Gasteiger partial charge in [-0.05, 0) is 62.3 Å². The summed E-state index contributed by atoms with van der Waals surface area (Å²) in [5.41, 5.74) is 6.45. The first-order valence-corrected chi connectivity index (χ1v) is 12.9. The Morgan fingerprint density at radius 3 is 2.70 bits per heavy atom. The molecule has 1 aliphatic rings. The molecule has 1 saturated heterocycles. The van der Waals surface area contributed by atoms with E-state index in [-0.39, 0.29) is 11.2 Å². The van der Waals surface area contributed by atoms with Crippen molar-refractivity contribution in [2.45, 2.75) is 18.9 Å². The summed E-state index contributed by atoms with van der Waals surface area (Å²) in [5, 5.41) is 11.7. The third kappa shape index (κ3) is 4.13. The van der Waals surface area contributed by atoms with Crippen LogP contribution in [-0.2, 0) is 0 Å². The minimum atomic E-state index is -0.225. The average molecular weight is 512 g/mol. The lowest BCUT2D eigenvalue weighted by molar-refractivity contribution is 0.162. The molecule has 8 nitrogen and oxygen atoms in total. The molecule has 6 aromatic heterocycles. The highest BCUT2D eigenvalue weighted by atomic mass is 32.1. The maximum absolute atomic E-state index is 13.7. The van der Waals surface area contributed by atoms with E-state index in [1.807, 2.05) is 24.3 Å². The van der Waals surface area contributed by atoms with Gasteiger partial charge in [-0.15, -0.1) is 11.3 Å². The van der Waals surface area contributed by atoms with E-state index in [4.69, 9.17) is 9.72 Å². The van der Waals surface area contributed by atoms with Gasteiger partial charge in [0.15, 0.2) is 5.13 Å². The number of H-pyrrole nitrogens is 2. The molecule has 10 heteroatoms. The van der Waals surface area contributed by atoms with Crippen molar-refractivity contribution in [1.82, 2.24) is 35.5 Å². The van der Waals surface area contributed by atoms with Crippen LogP contribution in [0.15, 0.2) is 61.2 Å². The van der Waals surface area contributed by atoms with E-state index < -0.39 is 0 Å². The Hall–Kier alpha value is -4.15. The number of rotatable bonds is 5. The molecule has 0 saturated carbocycles. The first kappa shape index (κ1) is 22.1. The van der Waals surface area contributed by atoms with Gasteiger partial charge in [0.05, 0.1) is 34.8 Å². The molecule has 0 unspecified atom stereocenters. The largest absolute Gasteiger partial charge is 0.489 e. The zero-order chi connectivity index (χ0) is 24.8. The Labute approximate surface area is 215 Å². The number of aromatic nitrogens is 6. The van der Waals surface area contributed by atoms with Crippen LogP contribution in [0, 0.1) is 5.13 Å². The quantitative estimate of drug-likeness (QED) is 0.280. The molecule has 6 aromatic rings. The van der Waals surface area contributed by atoms with Crippen molar-refractivity contribution in [3.05, 3.63) is 66.3 Å². The summed E-state index contributed by atoms with van der Waals surface area (Å²) in [7, 11) is 0. The molecule has 0 aromatic carbocycles. The van der Waals surface area contributed by atoms with Gasteiger partial charge < -0.3 is 15.0 Å². The van der Waals surface area contributed by atoms with Gasteiger partial charge in [0.2, 0.25) is 0 Å². The van der Waals surface area contributed by atoms with Gasteiger partial charge in [-0.1, -0.05) is 0 Å². The summed E-state index contributed by atoms with van der Waals surface area (Å²) in [5.74, 6) is 0.749. The maximum Gasteiger partial charge on any atom is 0.176 e. The summed E-state index contributed by atoms with van der Waals surface area (Å²) in [6.45, 7) is 1.93. The standard InChI is InChI=1S/C27H22FN7OS/c28-25-4-3-24(37-25)19-13-31-14-23-18(19)10-22(32-23)27-26-21(34-35-27)2-1-20(33-26)15-9-17(12-30-11-15)36-16-5-7-29-8-6-16/h1-4,9-14,16,29,32H,5-8H2,(H,34,35). The van der Waals surface area contributed by atoms with Crippen molar-refractivity contribution in [3.63, 3.8) is 0 Å². The van der Waals surface area contributed by atoms with Crippen molar-refractivity contribution in [2.75, 3.05) is 13.1 Å². The van der Waals surface area contributed by atoms with Crippen molar-refractivity contribution >= 4 is 33.3 Å². The van der Waals surface area contributed by atoms with E-state index in [1.165, 1.54) is 6.07 Å². The van der Waals surface area contributed by atoms with E-state index in [2.05, 4.69) is 30.5 Å². The van der Waals surface area contributed by atoms with Crippen molar-refractivity contribution in [1.29, 1.82) is 0 Å². The van der Waals surface area contributed by atoms with Crippen LogP contribution in [0.5, 0.6) is 5.75 Å². The minimum Gasteiger partial charge on any atom is -0.489 e. The summed E-state index contributed by atoms with van der Waals surface area (Å²) in [6.07, 6.45) is 9.23. The number of piperidine rings is 1. The van der Waals surface area contributed by atoms with E-state index in [0.717, 1.165) is 92.3 Å². The van der Waals surface area contributed by atoms with Gasteiger partial charge in [0.1, 0.15) is 23.1 Å². The highest BCUT2D eigenvalue weighted by Gasteiger charge is 2.18. The molecule has 0 radical (unpaired) electrons. The van der Waals surface area contributed by atoms with Gasteiger partial charge in [-0.2, -0.15) is 9.49 Å². The number of thiophene rings is 1. The Bertz CT molecular complexity index is 1730. The number of pyridine rings is 3. The van der Waals surface area contributed by atoms with Crippen LogP contribution < -0.4 is 10.1 Å². The van der Waals surface area contributed by atoms with Crippen LogP contribution in [-0.4, -0.2) is 49.3 Å². The fraction of sp³-hybridized carbons (Fsp3) is 0.185. The Balaban J connectivity index is 1.26. The predicted octanol–water partition coefficient (Wildman–Crippen LogP) is 5.56. The van der Waals surface area contributed by atoms with Crippen LogP contribution in [0.2, 0.25) is 0 Å². The number of ether oxygens (including phenoxy) is 1. The molecule has 184 valence electrons. The van der Waals surface area contributed by atoms with Gasteiger partial charge in [0, 0.05) is 33.8 Å². The number of hydrogen-bond donors (Lipinski definition) is 3. The fourth-order valence-corrected chi connectivity index (χ4v) is 5.57. The average Bonchev–Trinajstić information content (AvgIpc) is 3.66. The molecule has 1 aliphatic heterocycles. The van der Waals surface area contributed by atoms with Crippen LogP contribution in [0.25, 0.3) is 55.0 Å². The summed E-state index contributed by atoms with van der Waals surface area (Å²) >= 11 is 1.10. The van der Waals surface area contributed by atoms with Gasteiger partial charge in [-0.3, -0.25) is 15.1 Å². The monoisotopic (exact) mass is 511 g/mol. The van der Waals surface area contributed by atoms with Crippen LogP contribution in [0.4, 0.5) is 4.39 Å². The molecule has 7 heterocycles. The number of halogens is 1. The zero-order valence-corrected chi connectivity index (χ0v) is 20.5. The summed E-state index contributed by atoms with van der Waals surface area (Å²) in [4.78, 5) is 17.9. The highest BCUT2D eigenvalue weighted by Crippen LogP contribution is 2.36. The van der Waals surface area contributed by atoms with Gasteiger partial charge in [-0.25, -0.2) is 4.98 Å². The molecule has 0 amide bonds. The first-order chi connectivity index (χ1) is 18.2. The predicted molar refractivity (Wildman–Crippen MR) is 142 cm³/mol. The first-order valence-electron chi connectivity index (χ1n) is 12.1. The van der Waals surface area contributed by atoms with Gasteiger partial charge in [0.25, 0.3) is 0 Å². The molecule has 0 spiro atoms. The number of fused-ring (bicyclic) bond motifs is 2. The van der Waals surface area contributed by atoms with Crippen molar-refractivity contribution in [2.24, 2.45) is 0 Å². The Morgan fingerprint density at radius 1 is 0.946 bits per heavy atom. The van der Waals surface area contributed by atoms with E-state index in [0.29, 0.717) is 5.69 Å². The summed E-state index contributed by atoms with van der Waals surface area (Å²) < 4.78 is 19.9. The topological polar surface area (TPSA) is 104 Å². The number of nitrogens with zero attached hydrogens (tertiary/aromatic N) is 4. The smallest absolute Gasteiger partial charge is 0.176 e. The lowest BCUT2D eigenvalue weighted by atomic mass is 10.1. The third-order valence-electron chi connectivity index (χ3n) is 6.64. The van der Waals surface area contributed by atoms with Crippen LogP contribution in [0.1, 0.15) is 12.8 Å². The second-order valence-electron chi connectivity index (χ2n) is 9.08. The third-order valence-corrected chi connectivity index (χ3v) is 7.55. The lowest BCUT2D eigenvalue weighted by Gasteiger charge is -2.23. The molecule has 7 rings (SSSR count). The zero-order valence-electron chi connectivity index (χ0n) is 19.7. The molecule has 1 fully saturated rings. The maximum atomic E-state index is 13.7. The van der Waals surface area contributed by atoms with Gasteiger partial charge >= 0.3 is 0 Å². The summed E-state index contributed by atoms with van der Waals surface area (Å²) in [6, 6.07) is 11.2. The normalized spacial score (nSPS) is 14.5. The molecule has 0 bridgehead atoms. The van der Waals surface area contributed by atoms with Crippen LogP contribution in [0.3, 0.4) is 0 Å². The fourth-order valence-electron chi connectivity index (χ4n) is 4.81. The molecule has 0 aliphatic carbocycles. The highest BCUT2D eigenvalue weighted by molar-refractivity contribution is 7.14. The van der Waals surface area contributed by atoms with Crippen LogP contribution >= 0.6 is 11.3 Å². The molecule has 3 N–H and O–H groups in total. The Morgan fingerprint density at radius 2 is 1.84 bits per heavy atom. The number of nitrogens with one attached hydrogen (secondary N) is 3. The Kier molecular flexibility index (Phi) is 5.40. The molecule has 0 atom stereocenters. The minimum absolute atomic E-state index is 0.196. The molecule has 37 heavy (non-hydrogen) atoms. The van der Waals surface area contributed by atoms with Crippen molar-refractivity contribution in [3.8, 4) is 38.8 Å². The molecular weight excluding hydrogens is 489 g/mol. The second kappa shape index (κ2) is 9.06. The second-order valence-corrected chi connectivity index (χ2v) is 10.1.